The molecule has 150 valence electrons. The molecule has 0 aliphatic rings. The van der Waals surface area contributed by atoms with E-state index in [0.717, 1.165) is 11.1 Å². The zero-order valence-electron chi connectivity index (χ0n) is 16.3. The van der Waals surface area contributed by atoms with Crippen LogP contribution in [-0.4, -0.2) is 11.8 Å². The Balaban J connectivity index is 1.57. The van der Waals surface area contributed by atoms with Crippen LogP contribution in [0.3, 0.4) is 0 Å². The van der Waals surface area contributed by atoms with Crippen LogP contribution in [0, 0.1) is 6.92 Å². The highest BCUT2D eigenvalue weighted by molar-refractivity contribution is 6.04. The van der Waals surface area contributed by atoms with Gasteiger partial charge in [0.05, 0.1) is 12.5 Å². The molecule has 0 radical (unpaired) electrons. The van der Waals surface area contributed by atoms with Crippen LogP contribution in [0.2, 0.25) is 0 Å². The second kappa shape index (κ2) is 8.53. The van der Waals surface area contributed by atoms with Crippen molar-refractivity contribution in [1.82, 2.24) is 5.32 Å². The molecule has 4 rings (SSSR count). The van der Waals surface area contributed by atoms with Crippen molar-refractivity contribution in [3.8, 4) is 0 Å². The van der Waals surface area contributed by atoms with Gasteiger partial charge in [-0.3, -0.25) is 9.59 Å². The van der Waals surface area contributed by atoms with Gasteiger partial charge in [-0.1, -0.05) is 36.4 Å². The van der Waals surface area contributed by atoms with Crippen LogP contribution >= 0.6 is 0 Å². The van der Waals surface area contributed by atoms with Gasteiger partial charge in [0.15, 0.2) is 5.76 Å². The number of rotatable bonds is 6. The number of hydrogen-bond acceptors (Lipinski definition) is 4. The number of hydrogen-bond donors (Lipinski definition) is 2. The lowest BCUT2D eigenvalue weighted by molar-refractivity contribution is 0.0937. The molecule has 2 N–H and O–H groups in total. The molecule has 0 saturated heterocycles. The van der Waals surface area contributed by atoms with Crippen LogP contribution in [0.4, 0.5) is 5.69 Å². The first-order valence-electron chi connectivity index (χ1n) is 9.46. The highest BCUT2D eigenvalue weighted by Gasteiger charge is 2.21. The van der Waals surface area contributed by atoms with Crippen molar-refractivity contribution >= 4 is 17.5 Å². The topological polar surface area (TPSA) is 84.5 Å². The summed E-state index contributed by atoms with van der Waals surface area (Å²) in [7, 11) is 0. The molecule has 0 spiro atoms. The molecule has 4 aromatic rings. The Kier molecular flexibility index (Phi) is 5.48. The lowest BCUT2D eigenvalue weighted by Crippen LogP contribution is -2.29. The Morgan fingerprint density at radius 1 is 0.833 bits per heavy atom. The molecule has 2 heterocycles. The van der Waals surface area contributed by atoms with Crippen molar-refractivity contribution < 1.29 is 18.4 Å². The van der Waals surface area contributed by atoms with Crippen molar-refractivity contribution in [2.45, 2.75) is 13.0 Å². The van der Waals surface area contributed by atoms with Crippen LogP contribution in [0.5, 0.6) is 0 Å². The summed E-state index contributed by atoms with van der Waals surface area (Å²) in [6, 6.07) is 21.1. The summed E-state index contributed by atoms with van der Waals surface area (Å²) in [5.41, 5.74) is 2.69. The summed E-state index contributed by atoms with van der Waals surface area (Å²) in [4.78, 5) is 25.3. The predicted octanol–water partition coefficient (Wildman–Crippen LogP) is 4.95. The molecular weight excluding hydrogens is 380 g/mol. The fraction of sp³-hybridized carbons (Fsp3) is 0.0833. The van der Waals surface area contributed by atoms with Gasteiger partial charge < -0.3 is 19.5 Å². The maximum atomic E-state index is 13.0. The van der Waals surface area contributed by atoms with Crippen LogP contribution < -0.4 is 10.6 Å². The number of carbonyl (C=O) groups excluding carboxylic acids is 2. The fourth-order valence-corrected chi connectivity index (χ4v) is 3.12. The zero-order valence-corrected chi connectivity index (χ0v) is 16.3. The first kappa shape index (κ1) is 19.3. The van der Waals surface area contributed by atoms with Gasteiger partial charge in [0.2, 0.25) is 0 Å². The average molecular weight is 400 g/mol. The molecule has 1 unspecified atom stereocenters. The third-order valence-electron chi connectivity index (χ3n) is 4.73. The Morgan fingerprint density at radius 3 is 2.30 bits per heavy atom. The largest absolute Gasteiger partial charge is 0.467 e. The van der Waals surface area contributed by atoms with Crippen molar-refractivity contribution in [3.63, 3.8) is 0 Å². The zero-order chi connectivity index (χ0) is 20.9. The smallest absolute Gasteiger partial charge is 0.291 e. The summed E-state index contributed by atoms with van der Waals surface area (Å²) in [6.07, 6.45) is 3.01. The van der Waals surface area contributed by atoms with Crippen molar-refractivity contribution in [1.29, 1.82) is 0 Å². The number of furan rings is 2. The van der Waals surface area contributed by atoms with Gasteiger partial charge in [-0.05, 0) is 54.4 Å². The van der Waals surface area contributed by atoms with E-state index in [4.69, 9.17) is 8.83 Å². The summed E-state index contributed by atoms with van der Waals surface area (Å²) in [5, 5.41) is 5.80. The van der Waals surface area contributed by atoms with E-state index >= 15 is 0 Å². The quantitative estimate of drug-likeness (QED) is 0.479. The van der Waals surface area contributed by atoms with Gasteiger partial charge in [-0.25, -0.2) is 0 Å². The molecule has 2 amide bonds. The van der Waals surface area contributed by atoms with Crippen LogP contribution in [-0.2, 0) is 0 Å². The normalized spacial score (nSPS) is 11.6. The first-order chi connectivity index (χ1) is 14.6. The van der Waals surface area contributed by atoms with E-state index in [0.29, 0.717) is 17.0 Å². The molecule has 6 nitrogen and oxygen atoms in total. The number of anilines is 1. The van der Waals surface area contributed by atoms with Crippen LogP contribution in [0.25, 0.3) is 0 Å². The minimum Gasteiger partial charge on any atom is -0.467 e. The second-order valence-corrected chi connectivity index (χ2v) is 6.79. The highest BCUT2D eigenvalue weighted by atomic mass is 16.3. The molecule has 2 aromatic carbocycles. The summed E-state index contributed by atoms with van der Waals surface area (Å²) >= 11 is 0. The fourth-order valence-electron chi connectivity index (χ4n) is 3.12. The van der Waals surface area contributed by atoms with Gasteiger partial charge >= 0.3 is 0 Å². The summed E-state index contributed by atoms with van der Waals surface area (Å²) < 4.78 is 10.7. The standard InChI is InChI=1S/C24H20N2O4/c1-16-11-12-18(15-19(16)25-24(28)21-10-6-14-30-21)23(27)26-22(20-9-5-13-29-20)17-7-3-2-4-8-17/h2-15,22H,1H3,(H,25,28)(H,26,27). The van der Waals surface area contributed by atoms with Crippen LogP contribution in [0.1, 0.15) is 43.8 Å². The van der Waals surface area contributed by atoms with E-state index in [-0.39, 0.29) is 17.6 Å². The van der Waals surface area contributed by atoms with E-state index in [1.54, 1.807) is 42.7 Å². The molecule has 0 aliphatic carbocycles. The lowest BCUT2D eigenvalue weighted by atomic mass is 10.0. The third-order valence-corrected chi connectivity index (χ3v) is 4.73. The number of benzene rings is 2. The van der Waals surface area contributed by atoms with E-state index in [2.05, 4.69) is 10.6 Å². The Hall–Kier alpha value is -4.06. The van der Waals surface area contributed by atoms with Crippen molar-refractivity contribution in [2.75, 3.05) is 5.32 Å². The number of aryl methyl sites for hydroxylation is 1. The minimum atomic E-state index is -0.434. The monoisotopic (exact) mass is 400 g/mol. The van der Waals surface area contributed by atoms with Gasteiger partial charge in [-0.15, -0.1) is 0 Å². The Bertz CT molecular complexity index is 1130. The lowest BCUT2D eigenvalue weighted by Gasteiger charge is -2.18. The molecular formula is C24H20N2O4. The van der Waals surface area contributed by atoms with E-state index in [9.17, 15) is 9.59 Å². The van der Waals surface area contributed by atoms with Crippen LogP contribution in [0.15, 0.2) is 94.2 Å². The highest BCUT2D eigenvalue weighted by Crippen LogP contribution is 2.24. The molecule has 6 heteroatoms. The second-order valence-electron chi connectivity index (χ2n) is 6.79. The molecule has 0 bridgehead atoms. The van der Waals surface area contributed by atoms with Gasteiger partial charge in [-0.2, -0.15) is 0 Å². The third kappa shape index (κ3) is 4.17. The molecule has 1 atom stereocenters. The Labute approximate surface area is 173 Å². The SMILES string of the molecule is Cc1ccc(C(=O)NC(c2ccccc2)c2ccco2)cc1NC(=O)c1ccco1. The molecule has 0 saturated carbocycles. The van der Waals surface area contributed by atoms with E-state index in [1.807, 2.05) is 43.3 Å². The maximum absolute atomic E-state index is 13.0. The average Bonchev–Trinajstić information content (AvgIpc) is 3.48. The van der Waals surface area contributed by atoms with Gasteiger partial charge in [0, 0.05) is 11.3 Å². The van der Waals surface area contributed by atoms with Gasteiger partial charge in [0.25, 0.3) is 11.8 Å². The minimum absolute atomic E-state index is 0.200. The number of carbonyl (C=O) groups is 2. The molecule has 2 aromatic heterocycles. The maximum Gasteiger partial charge on any atom is 0.291 e. The summed E-state index contributed by atoms with van der Waals surface area (Å²) in [5.74, 6) is 0.173. The van der Waals surface area contributed by atoms with E-state index in [1.165, 1.54) is 6.26 Å². The predicted molar refractivity (Wildman–Crippen MR) is 112 cm³/mol. The number of amides is 2. The molecule has 0 fully saturated rings. The van der Waals surface area contributed by atoms with Crippen molar-refractivity contribution in [3.05, 3.63) is 114 Å². The van der Waals surface area contributed by atoms with Crippen molar-refractivity contribution in [2.24, 2.45) is 0 Å². The van der Waals surface area contributed by atoms with Gasteiger partial charge in [0.1, 0.15) is 11.8 Å². The van der Waals surface area contributed by atoms with E-state index < -0.39 is 6.04 Å². The summed E-state index contributed by atoms with van der Waals surface area (Å²) in [6.45, 7) is 1.86. The number of nitrogens with one attached hydrogen (secondary N) is 2. The first-order valence-corrected chi connectivity index (χ1v) is 9.46. The molecule has 30 heavy (non-hydrogen) atoms. The Morgan fingerprint density at radius 2 is 1.60 bits per heavy atom. The molecule has 0 aliphatic heterocycles.